The quantitative estimate of drug-likeness (QED) is 0.916. The van der Waals surface area contributed by atoms with Gasteiger partial charge in [0.05, 0.1) is 18.4 Å². The molecular formula is C15H25N3O2. The molecule has 1 aromatic rings. The number of aromatic nitrogens is 1. The van der Waals surface area contributed by atoms with E-state index in [2.05, 4.69) is 30.7 Å². The first-order valence-corrected chi connectivity index (χ1v) is 7.32. The zero-order valence-electron chi connectivity index (χ0n) is 12.6. The standard InChI is InChI=1S/C15H25N3O2/c1-11(2)10-20-15-13(16)5-6-14(17-15)18-7-4-8-19-12(3)9-18/h5-6,11-12H,4,7-10,16H2,1-3H3. The highest BCUT2D eigenvalue weighted by atomic mass is 16.5. The van der Waals surface area contributed by atoms with E-state index in [-0.39, 0.29) is 6.10 Å². The molecule has 2 rings (SSSR count). The monoisotopic (exact) mass is 279 g/mol. The fraction of sp³-hybridized carbons (Fsp3) is 0.667. The van der Waals surface area contributed by atoms with E-state index in [0.717, 1.165) is 31.9 Å². The van der Waals surface area contributed by atoms with Gasteiger partial charge in [-0.1, -0.05) is 13.8 Å². The highest BCUT2D eigenvalue weighted by Crippen LogP contribution is 2.24. The molecule has 20 heavy (non-hydrogen) atoms. The van der Waals surface area contributed by atoms with Crippen molar-refractivity contribution >= 4 is 11.5 Å². The Morgan fingerprint density at radius 2 is 2.30 bits per heavy atom. The van der Waals surface area contributed by atoms with Crippen LogP contribution in [0.15, 0.2) is 12.1 Å². The molecule has 1 saturated heterocycles. The largest absolute Gasteiger partial charge is 0.476 e. The smallest absolute Gasteiger partial charge is 0.239 e. The van der Waals surface area contributed by atoms with Crippen molar-refractivity contribution in [2.75, 3.05) is 36.9 Å². The van der Waals surface area contributed by atoms with Crippen LogP contribution in [0.4, 0.5) is 11.5 Å². The zero-order chi connectivity index (χ0) is 14.5. The fourth-order valence-corrected chi connectivity index (χ4v) is 2.18. The lowest BCUT2D eigenvalue weighted by atomic mass is 10.2. The molecule has 0 radical (unpaired) electrons. The number of nitrogens with two attached hydrogens (primary N) is 1. The Morgan fingerprint density at radius 3 is 3.05 bits per heavy atom. The van der Waals surface area contributed by atoms with Crippen LogP contribution in [-0.4, -0.2) is 37.4 Å². The molecule has 1 unspecified atom stereocenters. The van der Waals surface area contributed by atoms with Crippen molar-refractivity contribution in [1.29, 1.82) is 0 Å². The van der Waals surface area contributed by atoms with E-state index < -0.39 is 0 Å². The third kappa shape index (κ3) is 4.00. The topological polar surface area (TPSA) is 60.6 Å². The predicted molar refractivity (Wildman–Crippen MR) is 81.2 cm³/mol. The summed E-state index contributed by atoms with van der Waals surface area (Å²) in [6, 6.07) is 3.82. The van der Waals surface area contributed by atoms with Gasteiger partial charge in [-0.2, -0.15) is 4.98 Å². The molecule has 1 atom stereocenters. The van der Waals surface area contributed by atoms with Crippen molar-refractivity contribution in [2.45, 2.75) is 33.3 Å². The van der Waals surface area contributed by atoms with Crippen molar-refractivity contribution < 1.29 is 9.47 Å². The average molecular weight is 279 g/mol. The first-order valence-electron chi connectivity index (χ1n) is 7.32. The van der Waals surface area contributed by atoms with Crippen LogP contribution in [-0.2, 0) is 4.74 Å². The summed E-state index contributed by atoms with van der Waals surface area (Å²) in [5, 5.41) is 0. The highest BCUT2D eigenvalue weighted by Gasteiger charge is 2.17. The molecule has 0 amide bonds. The van der Waals surface area contributed by atoms with Crippen molar-refractivity contribution in [1.82, 2.24) is 4.98 Å². The third-order valence-electron chi connectivity index (χ3n) is 3.20. The minimum Gasteiger partial charge on any atom is -0.476 e. The molecule has 0 aliphatic carbocycles. The maximum Gasteiger partial charge on any atom is 0.239 e. The second-order valence-corrected chi connectivity index (χ2v) is 5.75. The van der Waals surface area contributed by atoms with E-state index in [4.69, 9.17) is 15.2 Å². The Balaban J connectivity index is 2.12. The van der Waals surface area contributed by atoms with Gasteiger partial charge in [-0.25, -0.2) is 0 Å². The Hall–Kier alpha value is -1.49. The summed E-state index contributed by atoms with van der Waals surface area (Å²) in [4.78, 5) is 6.80. The van der Waals surface area contributed by atoms with E-state index in [1.165, 1.54) is 0 Å². The average Bonchev–Trinajstić information content (AvgIpc) is 2.62. The second-order valence-electron chi connectivity index (χ2n) is 5.75. The molecule has 1 fully saturated rings. The molecular weight excluding hydrogens is 254 g/mol. The Labute approximate surface area is 121 Å². The first-order chi connectivity index (χ1) is 9.56. The van der Waals surface area contributed by atoms with E-state index in [0.29, 0.717) is 24.1 Å². The Kier molecular flexibility index (Phi) is 5.06. The predicted octanol–water partition coefficient (Wildman–Crippen LogP) is 2.31. The van der Waals surface area contributed by atoms with Crippen LogP contribution in [0.5, 0.6) is 5.88 Å². The third-order valence-corrected chi connectivity index (χ3v) is 3.20. The Morgan fingerprint density at radius 1 is 1.50 bits per heavy atom. The van der Waals surface area contributed by atoms with E-state index in [1.807, 2.05) is 12.1 Å². The van der Waals surface area contributed by atoms with Crippen LogP contribution >= 0.6 is 0 Å². The van der Waals surface area contributed by atoms with Crippen LogP contribution in [0.1, 0.15) is 27.2 Å². The number of nitrogens with zero attached hydrogens (tertiary/aromatic N) is 2. The number of ether oxygens (including phenoxy) is 2. The van der Waals surface area contributed by atoms with E-state index in [1.54, 1.807) is 0 Å². The minimum absolute atomic E-state index is 0.219. The normalized spacial score (nSPS) is 20.0. The van der Waals surface area contributed by atoms with Crippen molar-refractivity contribution in [3.63, 3.8) is 0 Å². The fourth-order valence-electron chi connectivity index (χ4n) is 2.18. The summed E-state index contributed by atoms with van der Waals surface area (Å²) in [5.74, 6) is 1.90. The van der Waals surface area contributed by atoms with Crippen molar-refractivity contribution in [3.8, 4) is 5.88 Å². The lowest BCUT2D eigenvalue weighted by molar-refractivity contribution is 0.0820. The minimum atomic E-state index is 0.219. The first kappa shape index (κ1) is 14.9. The number of nitrogen functional groups attached to an aromatic ring is 1. The van der Waals surface area contributed by atoms with Gasteiger partial charge in [0.25, 0.3) is 0 Å². The molecule has 112 valence electrons. The maximum atomic E-state index is 5.93. The van der Waals surface area contributed by atoms with Gasteiger partial charge in [0.1, 0.15) is 5.82 Å². The van der Waals surface area contributed by atoms with Crippen LogP contribution < -0.4 is 15.4 Å². The van der Waals surface area contributed by atoms with Gasteiger partial charge < -0.3 is 20.1 Å². The summed E-state index contributed by atoms with van der Waals surface area (Å²) < 4.78 is 11.4. The molecule has 1 aromatic heterocycles. The maximum absolute atomic E-state index is 5.93. The van der Waals surface area contributed by atoms with Crippen LogP contribution in [0.2, 0.25) is 0 Å². The van der Waals surface area contributed by atoms with Gasteiger partial charge in [0, 0.05) is 19.7 Å². The van der Waals surface area contributed by atoms with Gasteiger partial charge in [-0.05, 0) is 31.4 Å². The lowest BCUT2D eigenvalue weighted by Gasteiger charge is -2.24. The molecule has 5 nitrogen and oxygen atoms in total. The molecule has 1 aliphatic rings. The molecule has 0 spiro atoms. The number of anilines is 2. The molecule has 1 aliphatic heterocycles. The van der Waals surface area contributed by atoms with Gasteiger partial charge in [0.2, 0.25) is 5.88 Å². The summed E-state index contributed by atoms with van der Waals surface area (Å²) in [6.07, 6.45) is 1.23. The summed E-state index contributed by atoms with van der Waals surface area (Å²) in [5.41, 5.74) is 6.52. The Bertz CT molecular complexity index is 437. The molecule has 5 heteroatoms. The lowest BCUT2D eigenvalue weighted by Crippen LogP contribution is -2.30. The SMILES string of the molecule is CC(C)COc1nc(N2CCCOC(C)C2)ccc1N. The van der Waals surface area contributed by atoms with Crippen molar-refractivity contribution in [2.24, 2.45) is 5.92 Å². The molecule has 2 heterocycles. The van der Waals surface area contributed by atoms with Gasteiger partial charge in [-0.3, -0.25) is 0 Å². The van der Waals surface area contributed by atoms with Gasteiger partial charge >= 0.3 is 0 Å². The van der Waals surface area contributed by atoms with Crippen LogP contribution in [0, 0.1) is 5.92 Å². The molecule has 2 N–H and O–H groups in total. The van der Waals surface area contributed by atoms with E-state index in [9.17, 15) is 0 Å². The summed E-state index contributed by atoms with van der Waals surface area (Å²) in [7, 11) is 0. The zero-order valence-corrected chi connectivity index (χ0v) is 12.6. The number of hydrogen-bond acceptors (Lipinski definition) is 5. The molecule has 0 bridgehead atoms. The van der Waals surface area contributed by atoms with Crippen molar-refractivity contribution in [3.05, 3.63) is 12.1 Å². The number of pyridine rings is 1. The van der Waals surface area contributed by atoms with Crippen LogP contribution in [0.25, 0.3) is 0 Å². The summed E-state index contributed by atoms with van der Waals surface area (Å²) >= 11 is 0. The summed E-state index contributed by atoms with van der Waals surface area (Å²) in [6.45, 7) is 9.53. The van der Waals surface area contributed by atoms with Gasteiger partial charge in [0.15, 0.2) is 0 Å². The number of rotatable bonds is 4. The van der Waals surface area contributed by atoms with Gasteiger partial charge in [-0.15, -0.1) is 0 Å². The van der Waals surface area contributed by atoms with Crippen LogP contribution in [0.3, 0.4) is 0 Å². The highest BCUT2D eigenvalue weighted by molar-refractivity contribution is 5.54. The number of hydrogen-bond donors (Lipinski definition) is 1. The second kappa shape index (κ2) is 6.79. The molecule has 0 saturated carbocycles. The molecule has 0 aromatic carbocycles. The van der Waals surface area contributed by atoms with E-state index >= 15 is 0 Å².